The average molecular weight is 349 g/mol. The highest BCUT2D eigenvalue weighted by molar-refractivity contribution is 5.77. The van der Waals surface area contributed by atoms with Gasteiger partial charge < -0.3 is 19.9 Å². The summed E-state index contributed by atoms with van der Waals surface area (Å²) in [5.41, 5.74) is 5.44. The van der Waals surface area contributed by atoms with Crippen LogP contribution in [0.4, 0.5) is 4.39 Å². The lowest BCUT2D eigenvalue weighted by Gasteiger charge is -2.33. The van der Waals surface area contributed by atoms with Crippen molar-refractivity contribution in [2.45, 2.75) is 13.1 Å². The molecule has 0 aliphatic carbocycles. The van der Waals surface area contributed by atoms with Crippen molar-refractivity contribution in [3.05, 3.63) is 41.8 Å². The summed E-state index contributed by atoms with van der Waals surface area (Å²) in [5.74, 6) is 1.06. The Hall–Kier alpha value is -2.52. The van der Waals surface area contributed by atoms with Crippen molar-refractivity contribution in [1.82, 2.24) is 19.9 Å². The van der Waals surface area contributed by atoms with Gasteiger partial charge in [0.2, 0.25) is 5.89 Å². The molecule has 2 heterocycles. The maximum absolute atomic E-state index is 12.8. The Bertz CT molecular complexity index is 698. The number of ether oxygens (including phenoxy) is 1. The molecule has 134 valence electrons. The first-order valence-electron chi connectivity index (χ1n) is 8.04. The molecule has 8 nitrogen and oxygen atoms in total. The zero-order valence-corrected chi connectivity index (χ0v) is 13.7. The topological polar surface area (TPSA) is 97.7 Å². The Labute approximate surface area is 144 Å². The number of aromatic nitrogens is 2. The van der Waals surface area contributed by atoms with Gasteiger partial charge in [0.25, 0.3) is 5.91 Å². The lowest BCUT2D eigenvalue weighted by atomic mass is 10.3. The molecule has 2 aromatic rings. The van der Waals surface area contributed by atoms with Gasteiger partial charge in [-0.05, 0) is 24.3 Å². The molecule has 0 radical (unpaired) electrons. The van der Waals surface area contributed by atoms with Crippen LogP contribution in [0.2, 0.25) is 0 Å². The van der Waals surface area contributed by atoms with Gasteiger partial charge in [-0.3, -0.25) is 9.69 Å². The molecule has 1 aromatic heterocycles. The van der Waals surface area contributed by atoms with Gasteiger partial charge in [0.15, 0.2) is 12.4 Å². The Morgan fingerprint density at radius 1 is 1.24 bits per heavy atom. The smallest absolute Gasteiger partial charge is 0.260 e. The van der Waals surface area contributed by atoms with E-state index in [9.17, 15) is 9.18 Å². The summed E-state index contributed by atoms with van der Waals surface area (Å²) in [6.45, 7) is 3.38. The predicted octanol–water partition coefficient (Wildman–Crippen LogP) is 0.391. The highest BCUT2D eigenvalue weighted by Crippen LogP contribution is 2.12. The third-order valence-electron chi connectivity index (χ3n) is 3.95. The second-order valence-corrected chi connectivity index (χ2v) is 5.71. The maximum atomic E-state index is 12.8. The van der Waals surface area contributed by atoms with Crippen LogP contribution in [0.15, 0.2) is 28.8 Å². The van der Waals surface area contributed by atoms with Crippen molar-refractivity contribution in [1.29, 1.82) is 0 Å². The normalized spacial score (nSPS) is 15.4. The SMILES string of the molecule is NCc1nc(CN2CCN(C(=O)COc3ccc(F)cc3)CC2)no1. The quantitative estimate of drug-likeness (QED) is 0.805. The molecule has 1 aliphatic rings. The summed E-state index contributed by atoms with van der Waals surface area (Å²) in [7, 11) is 0. The van der Waals surface area contributed by atoms with E-state index in [1.54, 1.807) is 4.90 Å². The Morgan fingerprint density at radius 2 is 1.96 bits per heavy atom. The molecule has 1 amide bonds. The number of carbonyl (C=O) groups is 1. The van der Waals surface area contributed by atoms with Crippen LogP contribution >= 0.6 is 0 Å². The van der Waals surface area contributed by atoms with E-state index in [2.05, 4.69) is 15.0 Å². The fourth-order valence-corrected chi connectivity index (χ4v) is 2.56. The second kappa shape index (κ2) is 8.04. The molecule has 25 heavy (non-hydrogen) atoms. The molecule has 1 saturated heterocycles. The number of piperazine rings is 1. The van der Waals surface area contributed by atoms with Crippen LogP contribution in [0.5, 0.6) is 5.75 Å². The van der Waals surface area contributed by atoms with Gasteiger partial charge in [-0.25, -0.2) is 4.39 Å². The Kier molecular flexibility index (Phi) is 5.56. The number of rotatable bonds is 6. The van der Waals surface area contributed by atoms with Crippen molar-refractivity contribution >= 4 is 5.91 Å². The maximum Gasteiger partial charge on any atom is 0.260 e. The Morgan fingerprint density at radius 3 is 2.60 bits per heavy atom. The molecule has 2 N–H and O–H groups in total. The van der Waals surface area contributed by atoms with Gasteiger partial charge in [-0.1, -0.05) is 5.16 Å². The third-order valence-corrected chi connectivity index (χ3v) is 3.95. The number of amides is 1. The van der Waals surface area contributed by atoms with Gasteiger partial charge in [0, 0.05) is 26.2 Å². The minimum atomic E-state index is -0.338. The van der Waals surface area contributed by atoms with Crippen LogP contribution in [0, 0.1) is 5.82 Å². The minimum Gasteiger partial charge on any atom is -0.484 e. The largest absolute Gasteiger partial charge is 0.484 e. The molecule has 1 aliphatic heterocycles. The monoisotopic (exact) mass is 349 g/mol. The third kappa shape index (κ3) is 4.74. The van der Waals surface area contributed by atoms with Gasteiger partial charge in [-0.15, -0.1) is 0 Å². The molecule has 0 bridgehead atoms. The fraction of sp³-hybridized carbons (Fsp3) is 0.438. The molecular weight excluding hydrogens is 329 g/mol. The second-order valence-electron chi connectivity index (χ2n) is 5.71. The van der Waals surface area contributed by atoms with E-state index in [-0.39, 0.29) is 24.9 Å². The summed E-state index contributed by atoms with van der Waals surface area (Å²) in [6.07, 6.45) is 0. The number of hydrogen-bond donors (Lipinski definition) is 1. The first-order valence-corrected chi connectivity index (χ1v) is 8.04. The van der Waals surface area contributed by atoms with Crippen LogP contribution in [-0.2, 0) is 17.9 Å². The number of carbonyl (C=O) groups excluding carboxylic acids is 1. The molecule has 9 heteroatoms. The highest BCUT2D eigenvalue weighted by Gasteiger charge is 2.22. The van der Waals surface area contributed by atoms with Crippen molar-refractivity contribution in [3.63, 3.8) is 0 Å². The number of benzene rings is 1. The number of hydrogen-bond acceptors (Lipinski definition) is 7. The van der Waals surface area contributed by atoms with Crippen molar-refractivity contribution in [3.8, 4) is 5.75 Å². The molecule has 1 fully saturated rings. The van der Waals surface area contributed by atoms with Crippen molar-refractivity contribution < 1.29 is 18.4 Å². The lowest BCUT2D eigenvalue weighted by molar-refractivity contribution is -0.135. The molecule has 0 saturated carbocycles. The van der Waals surface area contributed by atoms with E-state index in [4.69, 9.17) is 15.0 Å². The summed E-state index contributed by atoms with van der Waals surface area (Å²) in [6, 6.07) is 5.60. The predicted molar refractivity (Wildman–Crippen MR) is 85.9 cm³/mol. The van der Waals surface area contributed by atoms with Gasteiger partial charge >= 0.3 is 0 Å². The van der Waals surface area contributed by atoms with E-state index in [1.807, 2.05) is 0 Å². The lowest BCUT2D eigenvalue weighted by Crippen LogP contribution is -2.49. The van der Waals surface area contributed by atoms with E-state index < -0.39 is 0 Å². The van der Waals surface area contributed by atoms with Crippen molar-refractivity contribution in [2.24, 2.45) is 5.73 Å². The molecule has 0 unspecified atom stereocenters. The summed E-state index contributed by atoms with van der Waals surface area (Å²) >= 11 is 0. The molecule has 1 aromatic carbocycles. The van der Waals surface area contributed by atoms with E-state index in [1.165, 1.54) is 24.3 Å². The molecule has 0 spiro atoms. The van der Waals surface area contributed by atoms with Crippen LogP contribution in [-0.4, -0.2) is 58.6 Å². The summed E-state index contributed by atoms with van der Waals surface area (Å²) < 4.78 is 23.2. The minimum absolute atomic E-state index is 0.0592. The Balaban J connectivity index is 1.41. The summed E-state index contributed by atoms with van der Waals surface area (Å²) in [4.78, 5) is 20.3. The molecule has 0 atom stereocenters. The highest BCUT2D eigenvalue weighted by atomic mass is 19.1. The van der Waals surface area contributed by atoms with Gasteiger partial charge in [0.05, 0.1) is 13.1 Å². The average Bonchev–Trinajstić information content (AvgIpc) is 3.09. The number of nitrogens with two attached hydrogens (primary N) is 1. The van der Waals surface area contributed by atoms with E-state index >= 15 is 0 Å². The van der Waals surface area contributed by atoms with E-state index in [0.717, 1.165) is 13.1 Å². The number of halogens is 1. The van der Waals surface area contributed by atoms with Crippen LogP contribution in [0.3, 0.4) is 0 Å². The van der Waals surface area contributed by atoms with Crippen LogP contribution in [0.25, 0.3) is 0 Å². The summed E-state index contributed by atoms with van der Waals surface area (Å²) in [5, 5.41) is 3.87. The van der Waals surface area contributed by atoms with Crippen molar-refractivity contribution in [2.75, 3.05) is 32.8 Å². The van der Waals surface area contributed by atoms with Crippen LogP contribution < -0.4 is 10.5 Å². The van der Waals surface area contributed by atoms with E-state index in [0.29, 0.717) is 37.1 Å². The number of nitrogens with zero attached hydrogens (tertiary/aromatic N) is 4. The zero-order chi connectivity index (χ0) is 17.6. The first kappa shape index (κ1) is 17.3. The zero-order valence-electron chi connectivity index (χ0n) is 13.7. The van der Waals surface area contributed by atoms with Gasteiger partial charge in [-0.2, -0.15) is 4.98 Å². The molecular formula is C16H20FN5O3. The van der Waals surface area contributed by atoms with Crippen LogP contribution in [0.1, 0.15) is 11.7 Å². The first-order chi connectivity index (χ1) is 12.1. The standard InChI is InChI=1S/C16H20FN5O3/c17-12-1-3-13(4-2-12)24-11-16(23)22-7-5-21(6-8-22)10-14-19-15(9-18)25-20-14/h1-4H,5-11,18H2. The van der Waals surface area contributed by atoms with Gasteiger partial charge in [0.1, 0.15) is 11.6 Å². The molecule has 3 rings (SSSR count). The fourth-order valence-electron chi connectivity index (χ4n) is 2.56.